The fraction of sp³-hybridized carbons (Fsp3) is 0.409. The van der Waals surface area contributed by atoms with E-state index in [-0.39, 0.29) is 22.4 Å². The molecule has 0 heterocycles. The van der Waals surface area contributed by atoms with Gasteiger partial charge < -0.3 is 5.32 Å². The molecule has 156 valence electrons. The molecule has 0 spiro atoms. The monoisotopic (exact) mass is 418 g/mol. The first-order valence-corrected chi connectivity index (χ1v) is 11.4. The minimum Gasteiger partial charge on any atom is -0.322 e. The maximum absolute atomic E-state index is 14.3. The third-order valence-corrected chi connectivity index (χ3v) is 7.04. The van der Waals surface area contributed by atoms with Crippen molar-refractivity contribution in [3.05, 3.63) is 58.9 Å². The molecule has 0 radical (unpaired) electrons. The van der Waals surface area contributed by atoms with Gasteiger partial charge in [0.1, 0.15) is 5.82 Å². The molecular weight excluding hydrogens is 391 g/mol. The van der Waals surface area contributed by atoms with Crippen LogP contribution in [-0.4, -0.2) is 20.4 Å². The minimum atomic E-state index is -3.85. The summed E-state index contributed by atoms with van der Waals surface area (Å²) < 4.78 is 42.7. The van der Waals surface area contributed by atoms with Crippen molar-refractivity contribution in [2.75, 3.05) is 5.32 Å². The van der Waals surface area contributed by atoms with Gasteiger partial charge in [-0.05, 0) is 68.0 Å². The Morgan fingerprint density at radius 2 is 1.79 bits per heavy atom. The summed E-state index contributed by atoms with van der Waals surface area (Å²) in [5, 5.41) is 2.68. The van der Waals surface area contributed by atoms with Crippen LogP contribution in [0.5, 0.6) is 0 Å². The molecule has 0 saturated heterocycles. The molecule has 1 saturated carbocycles. The number of carbonyl (C=O) groups is 1. The van der Waals surface area contributed by atoms with Gasteiger partial charge in [0.25, 0.3) is 5.91 Å². The molecule has 5 nitrogen and oxygen atoms in total. The lowest BCUT2D eigenvalue weighted by atomic mass is 9.87. The number of hydrogen-bond acceptors (Lipinski definition) is 3. The number of halogens is 1. The number of rotatable bonds is 5. The van der Waals surface area contributed by atoms with E-state index in [1.165, 1.54) is 6.07 Å². The number of carbonyl (C=O) groups excluding carboxylic acids is 1. The molecule has 3 rings (SSSR count). The Kier molecular flexibility index (Phi) is 6.39. The van der Waals surface area contributed by atoms with Crippen LogP contribution in [0.15, 0.2) is 41.3 Å². The van der Waals surface area contributed by atoms with Gasteiger partial charge in [0.2, 0.25) is 10.0 Å². The van der Waals surface area contributed by atoms with Crippen LogP contribution in [-0.2, 0) is 10.0 Å². The predicted molar refractivity (Wildman–Crippen MR) is 112 cm³/mol. The van der Waals surface area contributed by atoms with E-state index in [0.717, 1.165) is 48.9 Å². The number of hydrogen-bond donors (Lipinski definition) is 2. The molecule has 0 aliphatic heterocycles. The molecule has 0 unspecified atom stereocenters. The topological polar surface area (TPSA) is 75.3 Å². The van der Waals surface area contributed by atoms with Crippen LogP contribution in [0.25, 0.3) is 0 Å². The highest BCUT2D eigenvalue weighted by Crippen LogP contribution is 2.26. The van der Waals surface area contributed by atoms with Gasteiger partial charge in [-0.2, -0.15) is 0 Å². The maximum Gasteiger partial charge on any atom is 0.258 e. The molecule has 2 aromatic carbocycles. The minimum absolute atomic E-state index is 0.109. The van der Waals surface area contributed by atoms with Gasteiger partial charge in [-0.3, -0.25) is 4.79 Å². The Hall–Kier alpha value is -2.25. The van der Waals surface area contributed by atoms with Crippen molar-refractivity contribution >= 4 is 21.6 Å². The molecule has 29 heavy (non-hydrogen) atoms. The molecule has 2 aromatic rings. The molecule has 0 bridgehead atoms. The summed E-state index contributed by atoms with van der Waals surface area (Å²) in [7, 11) is -3.85. The van der Waals surface area contributed by atoms with Crippen molar-refractivity contribution in [1.82, 2.24) is 4.72 Å². The Morgan fingerprint density at radius 3 is 2.52 bits per heavy atom. The summed E-state index contributed by atoms with van der Waals surface area (Å²) in [6.45, 7) is 5.75. The van der Waals surface area contributed by atoms with Crippen LogP contribution in [0, 0.1) is 25.6 Å². The van der Waals surface area contributed by atoms with Gasteiger partial charge in [-0.15, -0.1) is 0 Å². The summed E-state index contributed by atoms with van der Waals surface area (Å²) in [5.74, 6) is -1.21. The highest BCUT2D eigenvalue weighted by atomic mass is 32.2. The molecule has 2 atom stereocenters. The van der Waals surface area contributed by atoms with Crippen LogP contribution in [0.1, 0.15) is 54.1 Å². The van der Waals surface area contributed by atoms with E-state index < -0.39 is 21.7 Å². The van der Waals surface area contributed by atoms with Crippen molar-refractivity contribution in [1.29, 1.82) is 0 Å². The zero-order valence-electron chi connectivity index (χ0n) is 17.0. The summed E-state index contributed by atoms with van der Waals surface area (Å²) in [6, 6.07) is 8.74. The average molecular weight is 419 g/mol. The first-order chi connectivity index (χ1) is 13.7. The zero-order valence-corrected chi connectivity index (χ0v) is 17.8. The molecule has 1 amide bonds. The van der Waals surface area contributed by atoms with Crippen molar-refractivity contribution in [3.63, 3.8) is 0 Å². The summed E-state index contributed by atoms with van der Waals surface area (Å²) in [6.07, 6.45) is 3.82. The van der Waals surface area contributed by atoms with Crippen molar-refractivity contribution in [2.45, 2.75) is 57.4 Å². The number of aryl methyl sites for hydroxylation is 2. The number of benzene rings is 2. The number of anilines is 1. The van der Waals surface area contributed by atoms with Crippen LogP contribution in [0.4, 0.5) is 10.1 Å². The van der Waals surface area contributed by atoms with Crippen molar-refractivity contribution in [3.8, 4) is 0 Å². The van der Waals surface area contributed by atoms with Crippen molar-refractivity contribution < 1.29 is 17.6 Å². The Bertz CT molecular complexity index is 1020. The fourth-order valence-corrected chi connectivity index (χ4v) is 5.07. The predicted octanol–water partition coefficient (Wildman–Crippen LogP) is 4.55. The Morgan fingerprint density at radius 1 is 1.07 bits per heavy atom. The maximum atomic E-state index is 14.3. The third kappa shape index (κ3) is 5.03. The largest absolute Gasteiger partial charge is 0.322 e. The summed E-state index contributed by atoms with van der Waals surface area (Å²) in [5.41, 5.74) is 2.05. The molecule has 7 heteroatoms. The second-order valence-electron chi connectivity index (χ2n) is 7.90. The zero-order chi connectivity index (χ0) is 21.2. The number of nitrogens with one attached hydrogen (secondary N) is 2. The van der Waals surface area contributed by atoms with Gasteiger partial charge in [0, 0.05) is 11.7 Å². The quantitative estimate of drug-likeness (QED) is 0.748. The second-order valence-corrected chi connectivity index (χ2v) is 9.62. The van der Waals surface area contributed by atoms with E-state index in [0.29, 0.717) is 5.69 Å². The first kappa shape index (κ1) is 21.5. The highest BCUT2D eigenvalue weighted by Gasteiger charge is 2.27. The van der Waals surface area contributed by atoms with Crippen LogP contribution >= 0.6 is 0 Å². The van der Waals surface area contributed by atoms with E-state index in [4.69, 9.17) is 0 Å². The van der Waals surface area contributed by atoms with Crippen LogP contribution in [0.3, 0.4) is 0 Å². The molecule has 0 aromatic heterocycles. The first-order valence-electron chi connectivity index (χ1n) is 9.88. The lowest BCUT2D eigenvalue weighted by molar-refractivity contribution is 0.102. The van der Waals surface area contributed by atoms with Gasteiger partial charge in [-0.1, -0.05) is 31.9 Å². The van der Waals surface area contributed by atoms with Gasteiger partial charge in [-0.25, -0.2) is 17.5 Å². The van der Waals surface area contributed by atoms with Gasteiger partial charge in [0.15, 0.2) is 0 Å². The third-order valence-electron chi connectivity index (χ3n) is 5.55. The molecule has 1 fully saturated rings. The molecular formula is C22H27FN2O3S. The van der Waals surface area contributed by atoms with E-state index >= 15 is 0 Å². The lowest BCUT2D eigenvalue weighted by Gasteiger charge is -2.29. The number of sulfonamides is 1. The second kappa shape index (κ2) is 8.63. The normalized spacial score (nSPS) is 19.7. The SMILES string of the molecule is Cc1ccc(C)c(NC(=O)c2cc(S(=O)(=O)N[C@H]3CCCC[C@H]3C)ccc2F)c1. The fourth-order valence-electron chi connectivity index (χ4n) is 3.66. The Labute approximate surface area is 171 Å². The van der Waals surface area contributed by atoms with Crippen molar-refractivity contribution in [2.24, 2.45) is 5.92 Å². The standard InChI is InChI=1S/C22H27FN2O3S/c1-14-8-9-16(3)21(12-14)24-22(26)18-13-17(10-11-19(18)23)29(27,28)25-20-7-5-4-6-15(20)2/h8-13,15,20,25H,4-7H2,1-3H3,(H,24,26)/t15-,20+/m1/s1. The van der Waals surface area contributed by atoms with E-state index in [9.17, 15) is 17.6 Å². The van der Waals surface area contributed by atoms with E-state index in [1.54, 1.807) is 6.07 Å². The smallest absolute Gasteiger partial charge is 0.258 e. The molecule has 1 aliphatic rings. The molecule has 2 N–H and O–H groups in total. The summed E-state index contributed by atoms with van der Waals surface area (Å²) in [4.78, 5) is 12.5. The molecule has 1 aliphatic carbocycles. The summed E-state index contributed by atoms with van der Waals surface area (Å²) >= 11 is 0. The average Bonchev–Trinajstić information content (AvgIpc) is 2.66. The Balaban J connectivity index is 1.85. The van der Waals surface area contributed by atoms with Gasteiger partial charge >= 0.3 is 0 Å². The lowest BCUT2D eigenvalue weighted by Crippen LogP contribution is -2.41. The highest BCUT2D eigenvalue weighted by molar-refractivity contribution is 7.89. The van der Waals surface area contributed by atoms with Crippen LogP contribution in [0.2, 0.25) is 0 Å². The van der Waals surface area contributed by atoms with Gasteiger partial charge in [0.05, 0.1) is 10.5 Å². The van der Waals surface area contributed by atoms with E-state index in [1.807, 2.05) is 32.9 Å². The van der Waals surface area contributed by atoms with E-state index in [2.05, 4.69) is 10.0 Å². The number of amides is 1. The van der Waals surface area contributed by atoms with Crippen LogP contribution < -0.4 is 10.0 Å².